The number of hydrogen-bond donors (Lipinski definition) is 1. The van der Waals surface area contributed by atoms with Crippen LogP contribution in [0.2, 0.25) is 0 Å². The molecular weight excluding hydrogens is 192 g/mol. The number of amides is 2. The highest BCUT2D eigenvalue weighted by Gasteiger charge is 2.29. The summed E-state index contributed by atoms with van der Waals surface area (Å²) in [4.78, 5) is 24.7. The third kappa shape index (κ3) is 2.45. The van der Waals surface area contributed by atoms with Crippen molar-refractivity contribution >= 4 is 11.8 Å². The number of nitrogens with one attached hydrogen (secondary N) is 1. The van der Waals surface area contributed by atoms with Gasteiger partial charge in [0, 0.05) is 17.7 Å². The molecule has 4 nitrogen and oxygen atoms in total. The Balaban J connectivity index is 2.87. The maximum atomic E-state index is 11.5. The molecule has 1 aliphatic heterocycles. The normalized spacial score (nSPS) is 18.0. The Morgan fingerprint density at radius 2 is 1.87 bits per heavy atom. The largest absolute Gasteiger partial charge is 0.297 e. The molecular formula is C11H18N2O2. The van der Waals surface area contributed by atoms with Crippen LogP contribution in [0.15, 0.2) is 11.6 Å². The highest BCUT2D eigenvalue weighted by Crippen LogP contribution is 2.17. The first kappa shape index (κ1) is 11.9. The lowest BCUT2D eigenvalue weighted by Crippen LogP contribution is -2.39. The Bertz CT molecular complexity index is 293. The summed E-state index contributed by atoms with van der Waals surface area (Å²) in [5.41, 5.74) is 0.603. The predicted molar refractivity (Wildman–Crippen MR) is 58.2 cm³/mol. The minimum absolute atomic E-state index is 0.0615. The van der Waals surface area contributed by atoms with Gasteiger partial charge < -0.3 is 0 Å². The highest BCUT2D eigenvalue weighted by atomic mass is 16.2. The zero-order valence-electron chi connectivity index (χ0n) is 9.54. The lowest BCUT2D eigenvalue weighted by Gasteiger charge is -2.28. The Hall–Kier alpha value is -1.16. The van der Waals surface area contributed by atoms with Crippen molar-refractivity contribution in [3.8, 4) is 0 Å². The van der Waals surface area contributed by atoms with Gasteiger partial charge in [0.15, 0.2) is 0 Å². The van der Waals surface area contributed by atoms with Gasteiger partial charge in [-0.1, -0.05) is 20.8 Å². The van der Waals surface area contributed by atoms with Gasteiger partial charge in [-0.2, -0.15) is 0 Å². The molecule has 0 fully saturated rings. The van der Waals surface area contributed by atoms with Crippen molar-refractivity contribution in [2.24, 2.45) is 0 Å². The molecule has 2 amide bonds. The van der Waals surface area contributed by atoms with Crippen molar-refractivity contribution in [3.05, 3.63) is 11.6 Å². The van der Waals surface area contributed by atoms with Crippen LogP contribution >= 0.6 is 0 Å². The van der Waals surface area contributed by atoms with Crippen molar-refractivity contribution in [2.45, 2.75) is 33.2 Å². The third-order valence-corrected chi connectivity index (χ3v) is 2.78. The van der Waals surface area contributed by atoms with Crippen LogP contribution in [0.1, 0.15) is 27.2 Å². The second-order valence-electron chi connectivity index (χ2n) is 3.56. The van der Waals surface area contributed by atoms with E-state index in [1.54, 1.807) is 0 Å². The molecule has 0 aromatic heterocycles. The van der Waals surface area contributed by atoms with Gasteiger partial charge in [0.1, 0.15) is 0 Å². The smallest absolute Gasteiger partial charge is 0.255 e. The number of imide groups is 1. The number of hydrogen-bond acceptors (Lipinski definition) is 3. The summed E-state index contributed by atoms with van der Waals surface area (Å²) in [7, 11) is 0. The van der Waals surface area contributed by atoms with E-state index >= 15 is 0 Å². The first-order valence-electron chi connectivity index (χ1n) is 5.44. The predicted octanol–water partition coefficient (Wildman–Crippen LogP) is 0.690. The van der Waals surface area contributed by atoms with Gasteiger partial charge in [-0.15, -0.1) is 0 Å². The SMILES string of the molecule is CCC(C1=CC(=O)NC1=O)N(CC)CC. The molecule has 0 saturated heterocycles. The summed E-state index contributed by atoms with van der Waals surface area (Å²) in [6, 6.07) is 0.0615. The fourth-order valence-corrected chi connectivity index (χ4v) is 2.01. The summed E-state index contributed by atoms with van der Waals surface area (Å²) < 4.78 is 0. The van der Waals surface area contributed by atoms with Crippen LogP contribution in [-0.2, 0) is 9.59 Å². The van der Waals surface area contributed by atoms with E-state index in [9.17, 15) is 9.59 Å². The zero-order valence-corrected chi connectivity index (χ0v) is 9.54. The summed E-state index contributed by atoms with van der Waals surface area (Å²) >= 11 is 0. The molecule has 0 spiro atoms. The van der Waals surface area contributed by atoms with E-state index in [1.165, 1.54) is 6.08 Å². The average molecular weight is 210 g/mol. The number of carbonyl (C=O) groups is 2. The number of carbonyl (C=O) groups excluding carboxylic acids is 2. The fourth-order valence-electron chi connectivity index (χ4n) is 2.01. The van der Waals surface area contributed by atoms with E-state index in [-0.39, 0.29) is 17.9 Å². The molecule has 1 aliphatic rings. The fraction of sp³-hybridized carbons (Fsp3) is 0.636. The van der Waals surface area contributed by atoms with Crippen molar-refractivity contribution in [3.63, 3.8) is 0 Å². The van der Waals surface area contributed by atoms with Crippen LogP contribution in [0, 0.1) is 0 Å². The average Bonchev–Trinajstić information content (AvgIpc) is 2.54. The van der Waals surface area contributed by atoms with E-state index in [0.717, 1.165) is 19.5 Å². The van der Waals surface area contributed by atoms with Crippen LogP contribution in [0.4, 0.5) is 0 Å². The molecule has 0 aliphatic carbocycles. The van der Waals surface area contributed by atoms with Gasteiger partial charge in [0.2, 0.25) is 0 Å². The molecule has 1 heterocycles. The van der Waals surface area contributed by atoms with Crippen molar-refractivity contribution < 1.29 is 9.59 Å². The van der Waals surface area contributed by atoms with Crippen LogP contribution < -0.4 is 5.32 Å². The summed E-state index contributed by atoms with van der Waals surface area (Å²) in [6.07, 6.45) is 2.27. The number of nitrogens with zero attached hydrogens (tertiary/aromatic N) is 1. The molecule has 4 heteroatoms. The monoisotopic (exact) mass is 210 g/mol. The van der Waals surface area contributed by atoms with E-state index in [4.69, 9.17) is 0 Å². The van der Waals surface area contributed by atoms with E-state index in [1.807, 2.05) is 6.92 Å². The summed E-state index contributed by atoms with van der Waals surface area (Å²) in [5.74, 6) is -0.528. The second-order valence-corrected chi connectivity index (χ2v) is 3.56. The second kappa shape index (κ2) is 5.07. The summed E-state index contributed by atoms with van der Waals surface area (Å²) in [5, 5.41) is 2.29. The minimum atomic E-state index is -0.291. The quantitative estimate of drug-likeness (QED) is 0.679. The maximum absolute atomic E-state index is 11.5. The lowest BCUT2D eigenvalue weighted by atomic mass is 10.0. The van der Waals surface area contributed by atoms with E-state index in [2.05, 4.69) is 24.1 Å². The van der Waals surface area contributed by atoms with Crippen molar-refractivity contribution in [2.75, 3.05) is 13.1 Å². The molecule has 0 aromatic carbocycles. The number of rotatable bonds is 5. The molecule has 1 N–H and O–H groups in total. The van der Waals surface area contributed by atoms with Gasteiger partial charge >= 0.3 is 0 Å². The van der Waals surface area contributed by atoms with E-state index < -0.39 is 0 Å². The van der Waals surface area contributed by atoms with Gasteiger partial charge in [0.25, 0.3) is 11.8 Å². The maximum Gasteiger partial charge on any atom is 0.255 e. The molecule has 84 valence electrons. The van der Waals surface area contributed by atoms with Crippen molar-refractivity contribution in [1.82, 2.24) is 10.2 Å². The van der Waals surface area contributed by atoms with Gasteiger partial charge in [-0.3, -0.25) is 19.8 Å². The molecule has 1 atom stereocenters. The molecule has 1 unspecified atom stereocenters. The van der Waals surface area contributed by atoms with Gasteiger partial charge in [-0.05, 0) is 19.5 Å². The van der Waals surface area contributed by atoms with E-state index in [0.29, 0.717) is 5.57 Å². The number of likely N-dealkylation sites (N-methyl/N-ethyl adjacent to an activating group) is 1. The third-order valence-electron chi connectivity index (χ3n) is 2.78. The van der Waals surface area contributed by atoms with Crippen LogP contribution in [0.5, 0.6) is 0 Å². The first-order chi connectivity index (χ1) is 7.13. The molecule has 0 bridgehead atoms. The minimum Gasteiger partial charge on any atom is -0.297 e. The van der Waals surface area contributed by atoms with Crippen molar-refractivity contribution in [1.29, 1.82) is 0 Å². The Morgan fingerprint density at radius 3 is 2.20 bits per heavy atom. The topological polar surface area (TPSA) is 49.4 Å². The molecule has 15 heavy (non-hydrogen) atoms. The zero-order chi connectivity index (χ0) is 11.4. The standard InChI is InChI=1S/C11H18N2O2/c1-4-9(13(5-2)6-3)8-7-10(14)12-11(8)15/h7,9H,4-6H2,1-3H3,(H,12,14,15). The molecule has 0 aromatic rings. The molecule has 1 rings (SSSR count). The van der Waals surface area contributed by atoms with Crippen LogP contribution in [-0.4, -0.2) is 35.8 Å². The Morgan fingerprint density at radius 1 is 1.27 bits per heavy atom. The Kier molecular flexibility index (Phi) is 4.03. The van der Waals surface area contributed by atoms with Gasteiger partial charge in [-0.25, -0.2) is 0 Å². The molecule has 0 radical (unpaired) electrons. The van der Waals surface area contributed by atoms with Gasteiger partial charge in [0.05, 0.1) is 0 Å². The molecule has 0 saturated carbocycles. The summed E-state index contributed by atoms with van der Waals surface area (Å²) in [6.45, 7) is 7.91. The Labute approximate surface area is 90.3 Å². The first-order valence-corrected chi connectivity index (χ1v) is 5.44. The highest BCUT2D eigenvalue weighted by molar-refractivity contribution is 6.16. The van der Waals surface area contributed by atoms with Crippen LogP contribution in [0.25, 0.3) is 0 Å². The lowest BCUT2D eigenvalue weighted by molar-refractivity contribution is -0.124. The van der Waals surface area contributed by atoms with Crippen LogP contribution in [0.3, 0.4) is 0 Å².